The third-order valence-electron chi connectivity index (χ3n) is 3.84. The Hall–Kier alpha value is -1.05. The zero-order valence-corrected chi connectivity index (χ0v) is 10.5. The Morgan fingerprint density at radius 1 is 1.19 bits per heavy atom. The highest BCUT2D eigenvalue weighted by Gasteiger charge is 2.22. The summed E-state index contributed by atoms with van der Waals surface area (Å²) in [5.74, 6) is 0.842. The highest BCUT2D eigenvalue weighted by Crippen LogP contribution is 2.35. The number of aryl methyl sites for hydroxylation is 1. The second kappa shape index (κ2) is 4.44. The van der Waals surface area contributed by atoms with Gasteiger partial charge in [-0.3, -0.25) is 4.79 Å². The molecule has 1 aromatic heterocycles. The van der Waals surface area contributed by atoms with Crippen LogP contribution in [0, 0.1) is 13.8 Å². The number of Topliss-reactive ketones (excluding diaryl/α,β-unsaturated/α-hetero) is 1. The van der Waals surface area contributed by atoms with Gasteiger partial charge < -0.3 is 4.98 Å². The van der Waals surface area contributed by atoms with Crippen LogP contribution in [-0.2, 0) is 0 Å². The van der Waals surface area contributed by atoms with E-state index in [9.17, 15) is 4.79 Å². The van der Waals surface area contributed by atoms with Crippen LogP contribution in [0.1, 0.15) is 72.3 Å². The molecule has 0 unspecified atom stereocenters. The van der Waals surface area contributed by atoms with Gasteiger partial charge in [0.25, 0.3) is 0 Å². The van der Waals surface area contributed by atoms with Gasteiger partial charge in [0, 0.05) is 17.0 Å². The van der Waals surface area contributed by atoms with Gasteiger partial charge in [0.1, 0.15) is 0 Å². The van der Waals surface area contributed by atoms with Crippen molar-refractivity contribution >= 4 is 5.78 Å². The average Bonchev–Trinajstić information content (AvgIpc) is 2.55. The van der Waals surface area contributed by atoms with E-state index in [1.807, 2.05) is 6.92 Å². The minimum atomic E-state index is 0.188. The number of ketones is 1. The molecule has 0 amide bonds. The van der Waals surface area contributed by atoms with E-state index < -0.39 is 0 Å². The summed E-state index contributed by atoms with van der Waals surface area (Å²) in [4.78, 5) is 15.0. The summed E-state index contributed by atoms with van der Waals surface area (Å²) in [5.41, 5.74) is 4.48. The van der Waals surface area contributed by atoms with Gasteiger partial charge in [-0.1, -0.05) is 19.3 Å². The molecule has 2 heteroatoms. The van der Waals surface area contributed by atoms with E-state index in [0.717, 1.165) is 11.3 Å². The molecule has 1 aliphatic carbocycles. The molecule has 1 aromatic rings. The van der Waals surface area contributed by atoms with Crippen molar-refractivity contribution in [3.63, 3.8) is 0 Å². The SMILES string of the molecule is CC(=O)c1c(C)[nH]c(C2CCCCC2)c1C. The second-order valence-electron chi connectivity index (χ2n) is 5.05. The number of carbonyl (C=O) groups is 1. The third kappa shape index (κ3) is 1.93. The van der Waals surface area contributed by atoms with Crippen molar-refractivity contribution in [3.8, 4) is 0 Å². The first kappa shape index (κ1) is 11.4. The Balaban J connectivity index is 2.34. The van der Waals surface area contributed by atoms with Gasteiger partial charge in [-0.15, -0.1) is 0 Å². The number of nitrogens with one attached hydrogen (secondary N) is 1. The lowest BCUT2D eigenvalue weighted by atomic mass is 9.85. The highest BCUT2D eigenvalue weighted by atomic mass is 16.1. The van der Waals surface area contributed by atoms with Gasteiger partial charge in [-0.05, 0) is 45.1 Å². The van der Waals surface area contributed by atoms with Gasteiger partial charge in [-0.2, -0.15) is 0 Å². The highest BCUT2D eigenvalue weighted by molar-refractivity contribution is 5.97. The van der Waals surface area contributed by atoms with E-state index in [-0.39, 0.29) is 5.78 Å². The Labute approximate surface area is 97.4 Å². The molecule has 2 rings (SSSR count). The van der Waals surface area contributed by atoms with Crippen LogP contribution in [0.15, 0.2) is 0 Å². The average molecular weight is 219 g/mol. The van der Waals surface area contributed by atoms with Crippen LogP contribution >= 0.6 is 0 Å². The van der Waals surface area contributed by atoms with Crippen molar-refractivity contribution in [2.75, 3.05) is 0 Å². The van der Waals surface area contributed by atoms with E-state index in [1.54, 1.807) is 6.92 Å². The number of H-pyrrole nitrogens is 1. The molecule has 1 fully saturated rings. The van der Waals surface area contributed by atoms with Crippen LogP contribution in [-0.4, -0.2) is 10.8 Å². The van der Waals surface area contributed by atoms with Crippen molar-refractivity contribution in [3.05, 3.63) is 22.5 Å². The fourth-order valence-electron chi connectivity index (χ4n) is 3.10. The molecule has 1 heterocycles. The van der Waals surface area contributed by atoms with Crippen LogP contribution in [0.5, 0.6) is 0 Å². The van der Waals surface area contributed by atoms with E-state index >= 15 is 0 Å². The number of carbonyl (C=O) groups excluding carboxylic acids is 1. The van der Waals surface area contributed by atoms with Crippen molar-refractivity contribution in [2.45, 2.75) is 58.8 Å². The topological polar surface area (TPSA) is 32.9 Å². The van der Waals surface area contributed by atoms with Crippen LogP contribution in [0.3, 0.4) is 0 Å². The van der Waals surface area contributed by atoms with Crippen molar-refractivity contribution in [1.82, 2.24) is 4.98 Å². The monoisotopic (exact) mass is 219 g/mol. The van der Waals surface area contributed by atoms with E-state index in [0.29, 0.717) is 5.92 Å². The minimum Gasteiger partial charge on any atom is -0.361 e. The largest absolute Gasteiger partial charge is 0.361 e. The Bertz CT molecular complexity index is 397. The molecule has 0 bridgehead atoms. The molecule has 16 heavy (non-hydrogen) atoms. The zero-order valence-electron chi connectivity index (χ0n) is 10.5. The van der Waals surface area contributed by atoms with Crippen molar-refractivity contribution < 1.29 is 4.79 Å². The lowest BCUT2D eigenvalue weighted by molar-refractivity contribution is 0.101. The molecule has 1 saturated carbocycles. The predicted octanol–water partition coefficient (Wildman–Crippen LogP) is 3.88. The summed E-state index contributed by atoms with van der Waals surface area (Å²) in [7, 11) is 0. The number of aromatic amines is 1. The summed E-state index contributed by atoms with van der Waals surface area (Å²) in [6.07, 6.45) is 6.58. The van der Waals surface area contributed by atoms with Gasteiger partial charge >= 0.3 is 0 Å². The van der Waals surface area contributed by atoms with Crippen molar-refractivity contribution in [1.29, 1.82) is 0 Å². The Morgan fingerprint density at radius 3 is 2.31 bits per heavy atom. The van der Waals surface area contributed by atoms with Gasteiger partial charge in [0.2, 0.25) is 0 Å². The maximum Gasteiger partial charge on any atom is 0.161 e. The quantitative estimate of drug-likeness (QED) is 0.752. The molecular formula is C14H21NO. The van der Waals surface area contributed by atoms with Gasteiger partial charge in [0.05, 0.1) is 0 Å². The van der Waals surface area contributed by atoms with E-state index in [4.69, 9.17) is 0 Å². The smallest absolute Gasteiger partial charge is 0.161 e. The third-order valence-corrected chi connectivity index (χ3v) is 3.84. The predicted molar refractivity (Wildman–Crippen MR) is 66.1 cm³/mol. The first-order valence-corrected chi connectivity index (χ1v) is 6.31. The Morgan fingerprint density at radius 2 is 1.81 bits per heavy atom. The number of aromatic nitrogens is 1. The summed E-state index contributed by atoms with van der Waals surface area (Å²) in [6.45, 7) is 5.76. The van der Waals surface area contributed by atoms with E-state index in [1.165, 1.54) is 43.4 Å². The first-order chi connectivity index (χ1) is 7.61. The molecule has 88 valence electrons. The van der Waals surface area contributed by atoms with Crippen molar-refractivity contribution in [2.24, 2.45) is 0 Å². The van der Waals surface area contributed by atoms with Crippen LogP contribution in [0.25, 0.3) is 0 Å². The van der Waals surface area contributed by atoms with Crippen LogP contribution in [0.4, 0.5) is 0 Å². The lowest BCUT2D eigenvalue weighted by Gasteiger charge is -2.21. The fraction of sp³-hybridized carbons (Fsp3) is 0.643. The minimum absolute atomic E-state index is 0.188. The summed E-state index contributed by atoms with van der Waals surface area (Å²) in [6, 6.07) is 0. The molecule has 0 saturated heterocycles. The summed E-state index contributed by atoms with van der Waals surface area (Å²) in [5, 5.41) is 0. The molecule has 0 spiro atoms. The molecule has 1 N–H and O–H groups in total. The Kier molecular flexibility index (Phi) is 3.17. The standard InChI is InChI=1S/C14H21NO/c1-9-13(11(3)16)10(2)15-14(9)12-7-5-4-6-8-12/h12,15H,4-8H2,1-3H3. The zero-order chi connectivity index (χ0) is 11.7. The summed E-state index contributed by atoms with van der Waals surface area (Å²) < 4.78 is 0. The molecule has 1 aliphatic rings. The number of rotatable bonds is 2. The van der Waals surface area contributed by atoms with Gasteiger partial charge in [0.15, 0.2) is 5.78 Å². The van der Waals surface area contributed by atoms with Crippen LogP contribution < -0.4 is 0 Å². The number of hydrogen-bond donors (Lipinski definition) is 1. The molecule has 2 nitrogen and oxygen atoms in total. The van der Waals surface area contributed by atoms with Gasteiger partial charge in [-0.25, -0.2) is 0 Å². The molecule has 0 radical (unpaired) electrons. The molecule has 0 aliphatic heterocycles. The maximum absolute atomic E-state index is 11.6. The molecule has 0 aromatic carbocycles. The lowest BCUT2D eigenvalue weighted by Crippen LogP contribution is -2.06. The maximum atomic E-state index is 11.6. The second-order valence-corrected chi connectivity index (χ2v) is 5.05. The molecule has 0 atom stereocenters. The molecular weight excluding hydrogens is 198 g/mol. The first-order valence-electron chi connectivity index (χ1n) is 6.31. The van der Waals surface area contributed by atoms with E-state index in [2.05, 4.69) is 11.9 Å². The van der Waals surface area contributed by atoms with Crippen LogP contribution in [0.2, 0.25) is 0 Å². The normalized spacial score (nSPS) is 17.7. The fourth-order valence-corrected chi connectivity index (χ4v) is 3.10. The summed E-state index contributed by atoms with van der Waals surface area (Å²) >= 11 is 0. The number of hydrogen-bond acceptors (Lipinski definition) is 1.